The van der Waals surface area contributed by atoms with Crippen molar-refractivity contribution in [2.24, 2.45) is 5.92 Å². The number of aldehydes is 1. The lowest BCUT2D eigenvalue weighted by Crippen LogP contribution is -2.14. The zero-order valence-corrected chi connectivity index (χ0v) is 9.48. The van der Waals surface area contributed by atoms with Gasteiger partial charge in [0.25, 0.3) is 0 Å². The van der Waals surface area contributed by atoms with Crippen molar-refractivity contribution in [3.8, 4) is 0 Å². The first kappa shape index (κ1) is 14.1. The average Bonchev–Trinajstić information content (AvgIpc) is 2.17. The van der Waals surface area contributed by atoms with Crippen LogP contribution in [0.25, 0.3) is 0 Å². The molecule has 0 aromatic rings. The Morgan fingerprint density at radius 2 is 1.93 bits per heavy atom. The minimum Gasteiger partial charge on any atom is -0.303 e. The van der Waals surface area contributed by atoms with Crippen molar-refractivity contribution < 1.29 is 9.72 Å². The molecule has 0 amide bonds. The minimum absolute atomic E-state index is 0.0564. The Morgan fingerprint density at radius 1 is 1.27 bits per heavy atom. The van der Waals surface area contributed by atoms with Crippen LogP contribution < -0.4 is 0 Å². The molecule has 0 heterocycles. The Bertz CT molecular complexity index is 183. The molecule has 0 aliphatic rings. The molecule has 0 N–H and O–H groups in total. The predicted octanol–water partition coefficient (Wildman–Crippen LogP) is 2.83. The lowest BCUT2D eigenvalue weighted by molar-refractivity contribution is -0.488. The summed E-state index contributed by atoms with van der Waals surface area (Å²) >= 11 is 0. The molecule has 15 heavy (non-hydrogen) atoms. The van der Waals surface area contributed by atoms with E-state index < -0.39 is 0 Å². The van der Waals surface area contributed by atoms with Gasteiger partial charge in [0.1, 0.15) is 6.29 Å². The van der Waals surface area contributed by atoms with E-state index in [1.807, 2.05) is 0 Å². The number of hydrogen-bond donors (Lipinski definition) is 0. The van der Waals surface area contributed by atoms with Crippen LogP contribution in [0.15, 0.2) is 0 Å². The molecule has 0 rings (SSSR count). The van der Waals surface area contributed by atoms with Crippen LogP contribution in [0.4, 0.5) is 0 Å². The standard InChI is InChI=1S/C11H21NO3/c1-2-3-4-5-6-7-11(8-9-13)10-12(14)15/h9,11H,2-8,10H2,1H3. The Kier molecular flexibility index (Phi) is 9.02. The number of rotatable bonds is 10. The maximum absolute atomic E-state index is 10.3. The van der Waals surface area contributed by atoms with Gasteiger partial charge >= 0.3 is 0 Å². The fourth-order valence-electron chi connectivity index (χ4n) is 1.67. The Balaban J connectivity index is 3.56. The third-order valence-corrected chi connectivity index (χ3v) is 2.55. The molecule has 0 saturated carbocycles. The van der Waals surface area contributed by atoms with E-state index in [9.17, 15) is 14.9 Å². The van der Waals surface area contributed by atoms with Gasteiger partial charge in [-0.2, -0.15) is 0 Å². The summed E-state index contributed by atoms with van der Waals surface area (Å²) in [5.41, 5.74) is 0. The highest BCUT2D eigenvalue weighted by Gasteiger charge is 2.14. The number of carbonyl (C=O) groups excluding carboxylic acids is 1. The summed E-state index contributed by atoms with van der Waals surface area (Å²) in [5, 5.41) is 10.3. The molecule has 0 saturated heterocycles. The predicted molar refractivity (Wildman–Crippen MR) is 59.4 cm³/mol. The fraction of sp³-hybridized carbons (Fsp3) is 0.909. The first-order chi connectivity index (χ1) is 7.20. The van der Waals surface area contributed by atoms with Crippen molar-refractivity contribution in [1.29, 1.82) is 0 Å². The third-order valence-electron chi connectivity index (χ3n) is 2.55. The van der Waals surface area contributed by atoms with E-state index in [-0.39, 0.29) is 17.4 Å². The molecular weight excluding hydrogens is 194 g/mol. The molecule has 0 radical (unpaired) electrons. The van der Waals surface area contributed by atoms with Gasteiger partial charge in [-0.3, -0.25) is 10.1 Å². The zero-order valence-electron chi connectivity index (χ0n) is 9.48. The fourth-order valence-corrected chi connectivity index (χ4v) is 1.67. The largest absolute Gasteiger partial charge is 0.303 e. The van der Waals surface area contributed by atoms with E-state index in [1.54, 1.807) is 0 Å². The second-order valence-corrected chi connectivity index (χ2v) is 3.99. The van der Waals surface area contributed by atoms with Crippen LogP contribution in [0, 0.1) is 16.0 Å². The van der Waals surface area contributed by atoms with Crippen molar-refractivity contribution in [2.75, 3.05) is 6.54 Å². The van der Waals surface area contributed by atoms with Gasteiger partial charge in [-0.15, -0.1) is 0 Å². The number of nitro groups is 1. The second kappa shape index (κ2) is 9.62. The van der Waals surface area contributed by atoms with Crippen LogP contribution in [0.1, 0.15) is 51.9 Å². The molecule has 0 aliphatic heterocycles. The monoisotopic (exact) mass is 215 g/mol. The Labute approximate surface area is 91.2 Å². The van der Waals surface area contributed by atoms with Crippen molar-refractivity contribution in [1.82, 2.24) is 0 Å². The van der Waals surface area contributed by atoms with E-state index in [4.69, 9.17) is 0 Å². The van der Waals surface area contributed by atoms with Gasteiger partial charge in [0.15, 0.2) is 0 Å². The summed E-state index contributed by atoms with van der Waals surface area (Å²) in [7, 11) is 0. The van der Waals surface area contributed by atoms with Crippen molar-refractivity contribution in [2.45, 2.75) is 51.9 Å². The number of unbranched alkanes of at least 4 members (excludes halogenated alkanes) is 4. The summed E-state index contributed by atoms with van der Waals surface area (Å²) in [6.45, 7) is 2.09. The van der Waals surface area contributed by atoms with Gasteiger partial charge in [0.05, 0.1) is 0 Å². The zero-order chi connectivity index (χ0) is 11.5. The van der Waals surface area contributed by atoms with Crippen LogP contribution in [-0.2, 0) is 4.79 Å². The van der Waals surface area contributed by atoms with Crippen molar-refractivity contribution in [3.05, 3.63) is 10.1 Å². The molecule has 4 nitrogen and oxygen atoms in total. The normalized spacial score (nSPS) is 12.3. The van der Waals surface area contributed by atoms with E-state index in [0.717, 1.165) is 25.5 Å². The first-order valence-electron chi connectivity index (χ1n) is 5.76. The molecule has 0 bridgehead atoms. The highest BCUT2D eigenvalue weighted by Crippen LogP contribution is 2.14. The quantitative estimate of drug-likeness (QED) is 0.244. The maximum atomic E-state index is 10.3. The maximum Gasteiger partial charge on any atom is 0.207 e. The summed E-state index contributed by atoms with van der Waals surface area (Å²) in [6.07, 6.45) is 7.69. The van der Waals surface area contributed by atoms with Crippen LogP contribution in [0.5, 0.6) is 0 Å². The van der Waals surface area contributed by atoms with Gasteiger partial charge in [-0.1, -0.05) is 39.0 Å². The number of hydrogen-bond acceptors (Lipinski definition) is 3. The van der Waals surface area contributed by atoms with Gasteiger partial charge < -0.3 is 4.79 Å². The molecule has 0 aromatic heterocycles. The third kappa shape index (κ3) is 9.38. The van der Waals surface area contributed by atoms with E-state index in [0.29, 0.717) is 6.42 Å². The van der Waals surface area contributed by atoms with E-state index >= 15 is 0 Å². The van der Waals surface area contributed by atoms with E-state index in [2.05, 4.69) is 6.92 Å². The molecule has 1 atom stereocenters. The SMILES string of the molecule is CCCCCCCC(CC=O)C[N+](=O)[O-]. The van der Waals surface area contributed by atoms with Gasteiger partial charge in [-0.05, 0) is 6.42 Å². The van der Waals surface area contributed by atoms with Gasteiger partial charge in [0.2, 0.25) is 6.54 Å². The lowest BCUT2D eigenvalue weighted by atomic mass is 9.98. The molecule has 0 aliphatic carbocycles. The average molecular weight is 215 g/mol. The summed E-state index contributed by atoms with van der Waals surface area (Å²) in [5.74, 6) is -0.0564. The Morgan fingerprint density at radius 3 is 2.47 bits per heavy atom. The molecule has 0 fully saturated rings. The molecule has 4 heteroatoms. The van der Waals surface area contributed by atoms with Crippen LogP contribution in [0.3, 0.4) is 0 Å². The lowest BCUT2D eigenvalue weighted by Gasteiger charge is -2.08. The highest BCUT2D eigenvalue weighted by molar-refractivity contribution is 5.49. The van der Waals surface area contributed by atoms with Crippen LogP contribution >= 0.6 is 0 Å². The Hall–Kier alpha value is -0.930. The molecule has 1 unspecified atom stereocenters. The summed E-state index contributed by atoms with van der Waals surface area (Å²) in [6, 6.07) is 0. The molecule has 0 spiro atoms. The first-order valence-corrected chi connectivity index (χ1v) is 5.76. The van der Waals surface area contributed by atoms with Crippen molar-refractivity contribution in [3.63, 3.8) is 0 Å². The van der Waals surface area contributed by atoms with Gasteiger partial charge in [-0.25, -0.2) is 0 Å². The number of carbonyl (C=O) groups is 1. The van der Waals surface area contributed by atoms with Crippen LogP contribution in [0.2, 0.25) is 0 Å². The smallest absolute Gasteiger partial charge is 0.207 e. The topological polar surface area (TPSA) is 60.2 Å². The van der Waals surface area contributed by atoms with Crippen LogP contribution in [-0.4, -0.2) is 17.8 Å². The molecule has 88 valence electrons. The molecular formula is C11H21NO3. The molecule has 0 aromatic carbocycles. The number of nitrogens with zero attached hydrogens (tertiary/aromatic N) is 1. The minimum atomic E-state index is -0.319. The summed E-state index contributed by atoms with van der Waals surface area (Å²) < 4.78 is 0. The van der Waals surface area contributed by atoms with Gasteiger partial charge in [0, 0.05) is 17.3 Å². The highest BCUT2D eigenvalue weighted by atomic mass is 16.6. The summed E-state index contributed by atoms with van der Waals surface area (Å²) in [4.78, 5) is 20.3. The van der Waals surface area contributed by atoms with Crippen molar-refractivity contribution >= 4 is 6.29 Å². The second-order valence-electron chi connectivity index (χ2n) is 3.99. The van der Waals surface area contributed by atoms with E-state index in [1.165, 1.54) is 19.3 Å².